The summed E-state index contributed by atoms with van der Waals surface area (Å²) in [6.45, 7) is 3.89. The zero-order valence-electron chi connectivity index (χ0n) is 11.0. The van der Waals surface area contributed by atoms with Crippen molar-refractivity contribution in [3.05, 3.63) is 47.0 Å². The Bertz CT molecular complexity index is 552. The van der Waals surface area contributed by atoms with Crippen LogP contribution in [0.1, 0.15) is 33.7 Å². The van der Waals surface area contributed by atoms with E-state index in [0.717, 1.165) is 16.8 Å². The van der Waals surface area contributed by atoms with Gasteiger partial charge in [-0.15, -0.1) is 0 Å². The summed E-state index contributed by atoms with van der Waals surface area (Å²) in [5.74, 6) is 0.0886. The summed E-state index contributed by atoms with van der Waals surface area (Å²) in [7, 11) is 1.87. The summed E-state index contributed by atoms with van der Waals surface area (Å²) in [6, 6.07) is 3.82. The molecule has 4 heteroatoms. The minimum absolute atomic E-state index is 0.0886. The van der Waals surface area contributed by atoms with Crippen molar-refractivity contribution in [3.8, 4) is 0 Å². The molecule has 0 N–H and O–H groups in total. The summed E-state index contributed by atoms with van der Waals surface area (Å²) >= 11 is 0. The normalized spacial score (nSPS) is 10.6. The highest BCUT2D eigenvalue weighted by Crippen LogP contribution is 2.09. The Kier molecular flexibility index (Phi) is 3.55. The van der Waals surface area contributed by atoms with Gasteiger partial charge in [0.25, 0.3) is 0 Å². The fourth-order valence-corrected chi connectivity index (χ4v) is 1.97. The van der Waals surface area contributed by atoms with Gasteiger partial charge < -0.3 is 0 Å². The fraction of sp³-hybridized carbons (Fsp3) is 0.357. The van der Waals surface area contributed by atoms with Crippen molar-refractivity contribution in [3.63, 3.8) is 0 Å². The molecule has 0 spiro atoms. The Labute approximate surface area is 107 Å². The van der Waals surface area contributed by atoms with Gasteiger partial charge in [0.1, 0.15) is 5.69 Å². The number of carbonyl (C=O) groups excluding carboxylic acids is 1. The Morgan fingerprint density at radius 3 is 2.72 bits per heavy atom. The molecule has 4 nitrogen and oxygen atoms in total. The zero-order chi connectivity index (χ0) is 13.1. The van der Waals surface area contributed by atoms with Gasteiger partial charge in [-0.1, -0.05) is 0 Å². The largest absolute Gasteiger partial charge is 0.292 e. The quantitative estimate of drug-likeness (QED) is 0.774. The number of aryl methyl sites for hydroxylation is 4. The van der Waals surface area contributed by atoms with E-state index in [1.54, 1.807) is 10.9 Å². The van der Waals surface area contributed by atoms with Crippen molar-refractivity contribution in [2.45, 2.75) is 26.7 Å². The SMILES string of the molecule is Cc1cc(C)nc(C(=O)CCc2cnn(C)c2)c1. The summed E-state index contributed by atoms with van der Waals surface area (Å²) < 4.78 is 1.74. The van der Waals surface area contributed by atoms with Crippen LogP contribution in [0.3, 0.4) is 0 Å². The summed E-state index contributed by atoms with van der Waals surface area (Å²) in [6.07, 6.45) is 4.91. The number of carbonyl (C=O) groups is 1. The van der Waals surface area contributed by atoms with E-state index in [4.69, 9.17) is 0 Å². The molecule has 0 aliphatic heterocycles. The van der Waals surface area contributed by atoms with Crippen LogP contribution in [0, 0.1) is 13.8 Å². The van der Waals surface area contributed by atoms with Gasteiger partial charge in [-0.3, -0.25) is 14.5 Å². The standard InChI is InChI=1S/C14H17N3O/c1-10-6-11(2)16-13(7-10)14(18)5-4-12-8-15-17(3)9-12/h6-9H,4-5H2,1-3H3. The number of nitrogens with zero attached hydrogens (tertiary/aromatic N) is 3. The highest BCUT2D eigenvalue weighted by atomic mass is 16.1. The minimum Gasteiger partial charge on any atom is -0.292 e. The zero-order valence-corrected chi connectivity index (χ0v) is 11.0. The van der Waals surface area contributed by atoms with E-state index in [-0.39, 0.29) is 5.78 Å². The predicted octanol–water partition coefficient (Wildman–Crippen LogP) is 2.25. The average Bonchev–Trinajstić information content (AvgIpc) is 2.70. The van der Waals surface area contributed by atoms with Gasteiger partial charge in [0.05, 0.1) is 6.20 Å². The van der Waals surface area contributed by atoms with Crippen molar-refractivity contribution in [2.75, 3.05) is 0 Å². The second-order valence-corrected chi connectivity index (χ2v) is 4.62. The Morgan fingerprint density at radius 1 is 1.33 bits per heavy atom. The van der Waals surface area contributed by atoms with E-state index in [9.17, 15) is 4.79 Å². The molecule has 0 fully saturated rings. The maximum absolute atomic E-state index is 12.0. The van der Waals surface area contributed by atoms with E-state index < -0.39 is 0 Å². The van der Waals surface area contributed by atoms with E-state index in [0.29, 0.717) is 18.5 Å². The van der Waals surface area contributed by atoms with Crippen LogP contribution >= 0.6 is 0 Å². The van der Waals surface area contributed by atoms with Gasteiger partial charge in [0.2, 0.25) is 0 Å². The molecular weight excluding hydrogens is 226 g/mol. The van der Waals surface area contributed by atoms with Crippen molar-refractivity contribution in [2.24, 2.45) is 7.05 Å². The van der Waals surface area contributed by atoms with Crippen molar-refractivity contribution >= 4 is 5.78 Å². The maximum atomic E-state index is 12.0. The Balaban J connectivity index is 2.03. The molecule has 94 valence electrons. The monoisotopic (exact) mass is 243 g/mol. The van der Waals surface area contributed by atoms with E-state index in [1.165, 1.54) is 0 Å². The molecule has 0 unspecified atom stereocenters. The minimum atomic E-state index is 0.0886. The molecule has 18 heavy (non-hydrogen) atoms. The molecule has 2 heterocycles. The van der Waals surface area contributed by atoms with Crippen LogP contribution in [-0.2, 0) is 13.5 Å². The van der Waals surface area contributed by atoms with Crippen LogP contribution in [0.5, 0.6) is 0 Å². The Hall–Kier alpha value is -1.97. The third-order valence-electron chi connectivity index (χ3n) is 2.78. The molecule has 2 aromatic rings. The first-order chi connectivity index (χ1) is 8.54. The molecule has 0 aromatic carbocycles. The molecule has 0 atom stereocenters. The highest BCUT2D eigenvalue weighted by molar-refractivity contribution is 5.94. The molecule has 2 rings (SSSR count). The maximum Gasteiger partial charge on any atom is 0.181 e. The van der Waals surface area contributed by atoms with Crippen LogP contribution in [0.2, 0.25) is 0 Å². The lowest BCUT2D eigenvalue weighted by Crippen LogP contribution is -2.05. The third-order valence-corrected chi connectivity index (χ3v) is 2.78. The molecule has 0 bridgehead atoms. The van der Waals surface area contributed by atoms with Gasteiger partial charge in [-0.2, -0.15) is 5.10 Å². The summed E-state index contributed by atoms with van der Waals surface area (Å²) in [5, 5.41) is 4.09. The first-order valence-electron chi connectivity index (χ1n) is 6.00. The first kappa shape index (κ1) is 12.5. The highest BCUT2D eigenvalue weighted by Gasteiger charge is 2.09. The smallest absolute Gasteiger partial charge is 0.181 e. The average molecular weight is 243 g/mol. The second-order valence-electron chi connectivity index (χ2n) is 4.62. The molecule has 0 saturated carbocycles. The van der Waals surface area contributed by atoms with Crippen LogP contribution in [0.25, 0.3) is 0 Å². The summed E-state index contributed by atoms with van der Waals surface area (Å²) in [4.78, 5) is 16.3. The number of ketones is 1. The van der Waals surface area contributed by atoms with Crippen LogP contribution < -0.4 is 0 Å². The van der Waals surface area contributed by atoms with Crippen LogP contribution in [-0.4, -0.2) is 20.5 Å². The van der Waals surface area contributed by atoms with E-state index in [2.05, 4.69) is 10.1 Å². The predicted molar refractivity (Wildman–Crippen MR) is 69.6 cm³/mol. The molecule has 0 amide bonds. The number of rotatable bonds is 4. The lowest BCUT2D eigenvalue weighted by atomic mass is 10.1. The molecule has 2 aromatic heterocycles. The van der Waals surface area contributed by atoms with Gasteiger partial charge >= 0.3 is 0 Å². The lowest BCUT2D eigenvalue weighted by molar-refractivity contribution is 0.0977. The van der Waals surface area contributed by atoms with Crippen LogP contribution in [0.15, 0.2) is 24.5 Å². The number of Topliss-reactive ketones (excluding diaryl/α,β-unsaturated/α-hetero) is 1. The molecule has 0 radical (unpaired) electrons. The molecule has 0 aliphatic carbocycles. The van der Waals surface area contributed by atoms with Gasteiger partial charge in [-0.25, -0.2) is 0 Å². The summed E-state index contributed by atoms with van der Waals surface area (Å²) in [5.41, 5.74) is 3.61. The van der Waals surface area contributed by atoms with Gasteiger partial charge in [0, 0.05) is 25.4 Å². The number of pyridine rings is 1. The van der Waals surface area contributed by atoms with Crippen molar-refractivity contribution in [1.29, 1.82) is 0 Å². The molecular formula is C14H17N3O. The molecule has 0 aliphatic rings. The van der Waals surface area contributed by atoms with E-state index in [1.807, 2.05) is 39.2 Å². The first-order valence-corrected chi connectivity index (χ1v) is 6.00. The number of hydrogen-bond donors (Lipinski definition) is 0. The molecule has 0 saturated heterocycles. The van der Waals surface area contributed by atoms with Gasteiger partial charge in [0.15, 0.2) is 5.78 Å². The van der Waals surface area contributed by atoms with Crippen molar-refractivity contribution < 1.29 is 4.79 Å². The Morgan fingerprint density at radius 2 is 2.11 bits per heavy atom. The number of aromatic nitrogens is 3. The van der Waals surface area contributed by atoms with Gasteiger partial charge in [-0.05, 0) is 43.5 Å². The second kappa shape index (κ2) is 5.12. The topological polar surface area (TPSA) is 47.8 Å². The number of hydrogen-bond acceptors (Lipinski definition) is 3. The van der Waals surface area contributed by atoms with Crippen LogP contribution in [0.4, 0.5) is 0 Å². The van der Waals surface area contributed by atoms with E-state index >= 15 is 0 Å². The van der Waals surface area contributed by atoms with Crippen molar-refractivity contribution in [1.82, 2.24) is 14.8 Å². The lowest BCUT2D eigenvalue weighted by Gasteiger charge is -2.02. The third kappa shape index (κ3) is 3.03. The fourth-order valence-electron chi connectivity index (χ4n) is 1.97.